The number of benzene rings is 1. The molecule has 23 heavy (non-hydrogen) atoms. The lowest BCUT2D eigenvalue weighted by molar-refractivity contribution is -0.142. The highest BCUT2D eigenvalue weighted by molar-refractivity contribution is 7.89. The Bertz CT molecular complexity index is 666. The number of nitrogens with one attached hydrogen (secondary N) is 1. The average Bonchev–Trinajstić information content (AvgIpc) is 2.55. The molecule has 0 radical (unpaired) electrons. The molecule has 7 nitrogen and oxygen atoms in total. The first-order chi connectivity index (χ1) is 10.8. The number of aliphatic carboxylic acids is 1. The lowest BCUT2D eigenvalue weighted by Gasteiger charge is -2.30. The van der Waals surface area contributed by atoms with Crippen LogP contribution in [0.3, 0.4) is 0 Å². The van der Waals surface area contributed by atoms with E-state index in [0.29, 0.717) is 12.8 Å². The number of sulfonamides is 1. The van der Waals surface area contributed by atoms with Crippen LogP contribution in [0.25, 0.3) is 0 Å². The van der Waals surface area contributed by atoms with Crippen molar-refractivity contribution in [2.24, 2.45) is 5.92 Å². The second kappa shape index (κ2) is 7.10. The topological polar surface area (TPSA) is 104 Å². The number of rotatable bonds is 5. The molecule has 0 bridgehead atoms. The van der Waals surface area contributed by atoms with Crippen LogP contribution in [0.1, 0.15) is 19.8 Å². The van der Waals surface area contributed by atoms with E-state index in [1.54, 1.807) is 30.3 Å². The Labute approximate surface area is 135 Å². The Morgan fingerprint density at radius 1 is 1.22 bits per heavy atom. The van der Waals surface area contributed by atoms with Gasteiger partial charge in [0.15, 0.2) is 0 Å². The summed E-state index contributed by atoms with van der Waals surface area (Å²) in [5, 5.41) is 11.2. The summed E-state index contributed by atoms with van der Waals surface area (Å²) in [6.45, 7) is 1.89. The van der Waals surface area contributed by atoms with Crippen molar-refractivity contribution in [1.82, 2.24) is 9.62 Å². The van der Waals surface area contributed by atoms with Crippen LogP contribution in [0.15, 0.2) is 35.2 Å². The molecule has 126 valence electrons. The number of hydrogen-bond acceptors (Lipinski definition) is 4. The van der Waals surface area contributed by atoms with Gasteiger partial charge in [-0.2, -0.15) is 4.31 Å². The molecule has 1 saturated heterocycles. The molecule has 1 aliphatic rings. The molecule has 2 N–H and O–H groups in total. The zero-order valence-electron chi connectivity index (χ0n) is 12.8. The molecule has 1 amide bonds. The Balaban J connectivity index is 1.96. The quantitative estimate of drug-likeness (QED) is 0.820. The van der Waals surface area contributed by atoms with E-state index >= 15 is 0 Å². The molecular weight excluding hydrogens is 320 g/mol. The van der Waals surface area contributed by atoms with Gasteiger partial charge in [0.1, 0.15) is 6.04 Å². The van der Waals surface area contributed by atoms with E-state index in [2.05, 4.69) is 5.32 Å². The monoisotopic (exact) mass is 340 g/mol. The standard InChI is InChI=1S/C15H20N2O5S/c1-11(15(19)20)16-14(18)12-7-9-17(10-8-12)23(21,22)13-5-3-2-4-6-13/h2-6,11-12H,7-10H2,1H3,(H,16,18)(H,19,20)/t11-/m0/s1. The third kappa shape index (κ3) is 4.08. The number of carboxylic acids is 1. The van der Waals surface area contributed by atoms with Crippen molar-refractivity contribution in [3.8, 4) is 0 Å². The van der Waals surface area contributed by atoms with E-state index in [1.165, 1.54) is 11.2 Å². The Morgan fingerprint density at radius 2 is 1.78 bits per heavy atom. The first-order valence-corrected chi connectivity index (χ1v) is 8.84. The minimum absolute atomic E-state index is 0.238. The van der Waals surface area contributed by atoms with E-state index in [4.69, 9.17) is 5.11 Å². The van der Waals surface area contributed by atoms with E-state index in [0.717, 1.165) is 0 Å². The maximum atomic E-state index is 12.5. The highest BCUT2D eigenvalue weighted by Gasteiger charge is 2.32. The Hall–Kier alpha value is -1.93. The summed E-state index contributed by atoms with van der Waals surface area (Å²) in [7, 11) is -3.54. The van der Waals surface area contributed by atoms with Crippen LogP contribution in [0.2, 0.25) is 0 Å². The molecule has 2 rings (SSSR count). The second-order valence-corrected chi connectivity index (χ2v) is 7.50. The van der Waals surface area contributed by atoms with Crippen LogP contribution >= 0.6 is 0 Å². The minimum Gasteiger partial charge on any atom is -0.480 e. The molecule has 0 spiro atoms. The van der Waals surface area contributed by atoms with Gasteiger partial charge in [-0.15, -0.1) is 0 Å². The number of hydrogen-bond donors (Lipinski definition) is 2. The maximum absolute atomic E-state index is 12.5. The van der Waals surface area contributed by atoms with Gasteiger partial charge in [-0.25, -0.2) is 8.42 Å². The molecule has 0 aromatic heterocycles. The van der Waals surface area contributed by atoms with Gasteiger partial charge in [-0.3, -0.25) is 9.59 Å². The first-order valence-electron chi connectivity index (χ1n) is 7.40. The fraction of sp³-hybridized carbons (Fsp3) is 0.467. The highest BCUT2D eigenvalue weighted by atomic mass is 32.2. The van der Waals surface area contributed by atoms with Gasteiger partial charge in [-0.05, 0) is 31.9 Å². The number of piperidine rings is 1. The molecule has 1 aliphatic heterocycles. The van der Waals surface area contributed by atoms with Gasteiger partial charge in [0.25, 0.3) is 0 Å². The molecule has 1 aromatic carbocycles. The molecular formula is C15H20N2O5S. The Kier molecular flexibility index (Phi) is 5.38. The van der Waals surface area contributed by atoms with Crippen LogP contribution in [0, 0.1) is 5.92 Å². The summed E-state index contributed by atoms with van der Waals surface area (Å²) < 4.78 is 26.3. The van der Waals surface area contributed by atoms with Gasteiger partial charge < -0.3 is 10.4 Å². The number of carboxylic acid groups (broad SMARTS) is 1. The predicted octanol–water partition coefficient (Wildman–Crippen LogP) is 0.677. The van der Waals surface area contributed by atoms with E-state index < -0.39 is 22.0 Å². The summed E-state index contributed by atoms with van der Waals surface area (Å²) in [5.41, 5.74) is 0. The largest absolute Gasteiger partial charge is 0.480 e. The molecule has 1 heterocycles. The second-order valence-electron chi connectivity index (χ2n) is 5.56. The van der Waals surface area contributed by atoms with Crippen LogP contribution in [-0.4, -0.2) is 48.8 Å². The summed E-state index contributed by atoms with van der Waals surface area (Å²) in [6, 6.07) is 7.22. The van der Waals surface area contributed by atoms with Crippen LogP contribution in [0.4, 0.5) is 0 Å². The zero-order chi connectivity index (χ0) is 17.0. The third-order valence-corrected chi connectivity index (χ3v) is 5.85. The molecule has 1 fully saturated rings. The molecule has 1 atom stereocenters. The van der Waals surface area contributed by atoms with Gasteiger partial charge in [0.05, 0.1) is 4.90 Å². The van der Waals surface area contributed by atoms with E-state index in [1.807, 2.05) is 0 Å². The van der Waals surface area contributed by atoms with Crippen molar-refractivity contribution in [1.29, 1.82) is 0 Å². The summed E-state index contributed by atoms with van der Waals surface area (Å²) in [4.78, 5) is 23.0. The molecule has 0 unspecified atom stereocenters. The molecule has 0 aliphatic carbocycles. The van der Waals surface area contributed by atoms with Gasteiger partial charge >= 0.3 is 5.97 Å². The molecule has 1 aromatic rings. The molecule has 8 heteroatoms. The van der Waals surface area contributed by atoms with Crippen molar-refractivity contribution >= 4 is 21.9 Å². The lowest BCUT2D eigenvalue weighted by atomic mass is 9.97. The Morgan fingerprint density at radius 3 is 2.30 bits per heavy atom. The zero-order valence-corrected chi connectivity index (χ0v) is 13.6. The molecule has 0 saturated carbocycles. The number of amides is 1. The average molecular weight is 340 g/mol. The van der Waals surface area contributed by atoms with Gasteiger partial charge in [-0.1, -0.05) is 18.2 Å². The smallest absolute Gasteiger partial charge is 0.325 e. The summed E-state index contributed by atoms with van der Waals surface area (Å²) >= 11 is 0. The van der Waals surface area contributed by atoms with Gasteiger partial charge in [0, 0.05) is 19.0 Å². The van der Waals surface area contributed by atoms with Crippen molar-refractivity contribution in [2.45, 2.75) is 30.7 Å². The van der Waals surface area contributed by atoms with Crippen molar-refractivity contribution in [3.63, 3.8) is 0 Å². The van der Waals surface area contributed by atoms with Crippen molar-refractivity contribution in [3.05, 3.63) is 30.3 Å². The summed E-state index contributed by atoms with van der Waals surface area (Å²) in [5.74, 6) is -1.79. The lowest BCUT2D eigenvalue weighted by Crippen LogP contribution is -2.46. The van der Waals surface area contributed by atoms with Gasteiger partial charge in [0.2, 0.25) is 15.9 Å². The SMILES string of the molecule is C[C@H](NC(=O)C1CCN(S(=O)(=O)c2ccccc2)CC1)C(=O)O. The minimum atomic E-state index is -3.54. The van der Waals surface area contributed by atoms with Crippen LogP contribution in [0.5, 0.6) is 0 Å². The van der Waals surface area contributed by atoms with Crippen molar-refractivity contribution < 1.29 is 23.1 Å². The third-order valence-electron chi connectivity index (χ3n) is 3.93. The number of carbonyl (C=O) groups excluding carboxylic acids is 1. The van der Waals surface area contributed by atoms with Crippen molar-refractivity contribution in [2.75, 3.05) is 13.1 Å². The van der Waals surface area contributed by atoms with Crippen LogP contribution < -0.4 is 5.32 Å². The number of carbonyl (C=O) groups is 2. The normalized spacial score (nSPS) is 18.3. The maximum Gasteiger partial charge on any atom is 0.325 e. The van der Waals surface area contributed by atoms with E-state index in [9.17, 15) is 18.0 Å². The fourth-order valence-corrected chi connectivity index (χ4v) is 3.98. The summed E-state index contributed by atoms with van der Waals surface area (Å²) in [6.07, 6.45) is 0.758. The van der Waals surface area contributed by atoms with Crippen LogP contribution in [-0.2, 0) is 19.6 Å². The fourth-order valence-electron chi connectivity index (χ4n) is 2.49. The van der Waals surface area contributed by atoms with E-state index in [-0.39, 0.29) is 29.8 Å². The highest BCUT2D eigenvalue weighted by Crippen LogP contribution is 2.23. The number of nitrogens with zero attached hydrogens (tertiary/aromatic N) is 1. The first kappa shape index (κ1) is 17.4. The predicted molar refractivity (Wildman–Crippen MR) is 83.2 cm³/mol.